The van der Waals surface area contributed by atoms with Crippen LogP contribution in [0.25, 0.3) is 0 Å². The van der Waals surface area contributed by atoms with E-state index in [1.54, 1.807) is 12.1 Å². The molecule has 19 heavy (non-hydrogen) atoms. The summed E-state index contributed by atoms with van der Waals surface area (Å²) in [5.74, 6) is -0.363. The van der Waals surface area contributed by atoms with Crippen LogP contribution < -0.4 is 5.32 Å². The summed E-state index contributed by atoms with van der Waals surface area (Å²) in [6, 6.07) is 6.24. The van der Waals surface area contributed by atoms with Gasteiger partial charge in [0.15, 0.2) is 0 Å². The lowest BCUT2D eigenvalue weighted by atomic mass is 10.1. The minimum absolute atomic E-state index is 0.126. The lowest BCUT2D eigenvalue weighted by Gasteiger charge is -2.13. The highest BCUT2D eigenvalue weighted by Crippen LogP contribution is 2.33. The normalized spacial score (nSPS) is 15.8. The summed E-state index contributed by atoms with van der Waals surface area (Å²) in [5, 5.41) is 11.8. The minimum atomic E-state index is -1.02. The number of benzene rings is 1. The summed E-state index contributed by atoms with van der Waals surface area (Å²) >= 11 is 0. The molecule has 1 aromatic carbocycles. The molecule has 1 aliphatic carbocycles. The number of carboxylic acid groups (broad SMARTS) is 1. The van der Waals surface area contributed by atoms with Crippen LogP contribution in [0.5, 0.6) is 0 Å². The molecule has 1 aromatic rings. The zero-order chi connectivity index (χ0) is 13.8. The molecule has 1 atom stereocenters. The maximum Gasteiger partial charge on any atom is 0.335 e. The van der Waals surface area contributed by atoms with Crippen molar-refractivity contribution in [1.82, 2.24) is 5.32 Å². The van der Waals surface area contributed by atoms with Gasteiger partial charge >= 0.3 is 5.97 Å². The van der Waals surface area contributed by atoms with Gasteiger partial charge in [0.1, 0.15) is 0 Å². The van der Waals surface area contributed by atoms with E-state index in [1.807, 2.05) is 6.92 Å². The van der Waals surface area contributed by atoms with Crippen LogP contribution in [-0.4, -0.2) is 23.0 Å². The van der Waals surface area contributed by atoms with Gasteiger partial charge in [-0.15, -0.1) is 0 Å². The van der Waals surface area contributed by atoms with Crippen LogP contribution in [0.1, 0.15) is 53.3 Å². The Bertz CT molecular complexity index is 480. The molecule has 1 saturated carbocycles. The van der Waals surface area contributed by atoms with Crippen molar-refractivity contribution in [3.63, 3.8) is 0 Å². The van der Waals surface area contributed by atoms with E-state index in [1.165, 1.54) is 25.0 Å². The van der Waals surface area contributed by atoms with E-state index < -0.39 is 5.97 Å². The monoisotopic (exact) mass is 261 g/mol. The van der Waals surface area contributed by atoms with Crippen LogP contribution in [0.4, 0.5) is 0 Å². The summed E-state index contributed by atoms with van der Waals surface area (Å²) in [4.78, 5) is 22.8. The van der Waals surface area contributed by atoms with Crippen LogP contribution in [0.3, 0.4) is 0 Å². The zero-order valence-corrected chi connectivity index (χ0v) is 11.1. The van der Waals surface area contributed by atoms with Gasteiger partial charge in [-0.1, -0.05) is 18.9 Å². The van der Waals surface area contributed by atoms with Gasteiger partial charge in [-0.2, -0.15) is 0 Å². The first-order valence-electron chi connectivity index (χ1n) is 6.70. The molecule has 0 aromatic heterocycles. The maximum absolute atomic E-state index is 12.0. The second-order valence-corrected chi connectivity index (χ2v) is 5.28. The number of carbonyl (C=O) groups is 2. The first-order valence-corrected chi connectivity index (χ1v) is 6.70. The minimum Gasteiger partial charge on any atom is -0.478 e. The summed E-state index contributed by atoms with van der Waals surface area (Å²) in [6.07, 6.45) is 4.79. The van der Waals surface area contributed by atoms with E-state index in [-0.39, 0.29) is 17.5 Å². The van der Waals surface area contributed by atoms with E-state index in [2.05, 4.69) is 5.32 Å². The molecule has 1 amide bonds. The molecule has 0 spiro atoms. The van der Waals surface area contributed by atoms with Gasteiger partial charge < -0.3 is 10.4 Å². The second-order valence-electron chi connectivity index (χ2n) is 5.28. The zero-order valence-electron chi connectivity index (χ0n) is 11.1. The Hall–Kier alpha value is -1.84. The molecule has 0 heterocycles. The van der Waals surface area contributed by atoms with Crippen molar-refractivity contribution in [2.75, 3.05) is 0 Å². The van der Waals surface area contributed by atoms with E-state index in [0.29, 0.717) is 5.56 Å². The molecule has 0 bridgehead atoms. The van der Waals surface area contributed by atoms with Crippen molar-refractivity contribution < 1.29 is 14.7 Å². The number of carboxylic acids is 1. The average Bonchev–Trinajstić information content (AvgIpc) is 3.20. The van der Waals surface area contributed by atoms with Gasteiger partial charge in [0, 0.05) is 11.6 Å². The molecule has 102 valence electrons. The highest BCUT2D eigenvalue weighted by atomic mass is 16.4. The molecule has 0 saturated heterocycles. The lowest BCUT2D eigenvalue weighted by Crippen LogP contribution is -2.32. The molecule has 1 aliphatic rings. The van der Waals surface area contributed by atoms with Gasteiger partial charge in [0.25, 0.3) is 5.91 Å². The van der Waals surface area contributed by atoms with Crippen LogP contribution >= 0.6 is 0 Å². The summed E-state index contributed by atoms with van der Waals surface area (Å²) in [5.41, 5.74) is 0.538. The molecule has 2 N–H and O–H groups in total. The van der Waals surface area contributed by atoms with Crippen LogP contribution in [0.15, 0.2) is 24.3 Å². The number of nitrogens with one attached hydrogen (secondary N) is 1. The van der Waals surface area contributed by atoms with Crippen LogP contribution in [0.2, 0.25) is 0 Å². The molecular formula is C15H19NO3. The second kappa shape index (κ2) is 5.87. The Morgan fingerprint density at radius 3 is 2.68 bits per heavy atom. The van der Waals surface area contributed by atoms with E-state index in [9.17, 15) is 9.59 Å². The first kappa shape index (κ1) is 13.6. The number of rotatable bonds is 6. The Morgan fingerprint density at radius 2 is 2.05 bits per heavy atom. The SMILES string of the molecule is CC(CCC1CC1)NC(=O)c1cccc(C(=O)O)c1. The van der Waals surface area contributed by atoms with E-state index >= 15 is 0 Å². The average molecular weight is 261 g/mol. The molecule has 4 heteroatoms. The standard InChI is InChI=1S/C15H19NO3/c1-10(5-6-11-7-8-11)16-14(17)12-3-2-4-13(9-12)15(18)19/h2-4,9-11H,5-8H2,1H3,(H,16,17)(H,18,19). The molecule has 2 rings (SSSR count). The van der Waals surface area contributed by atoms with Crippen molar-refractivity contribution in [3.8, 4) is 0 Å². The Labute approximate surface area is 112 Å². The number of hydrogen-bond acceptors (Lipinski definition) is 2. The third-order valence-corrected chi connectivity index (χ3v) is 3.45. The van der Waals surface area contributed by atoms with Gasteiger partial charge in [0.05, 0.1) is 5.56 Å². The fourth-order valence-corrected chi connectivity index (χ4v) is 2.06. The number of hydrogen-bond donors (Lipinski definition) is 2. The lowest BCUT2D eigenvalue weighted by molar-refractivity contribution is 0.0697. The Morgan fingerprint density at radius 1 is 1.37 bits per heavy atom. The van der Waals surface area contributed by atoms with Crippen LogP contribution in [0, 0.1) is 5.92 Å². The van der Waals surface area contributed by atoms with Crippen molar-refractivity contribution in [1.29, 1.82) is 0 Å². The molecule has 1 unspecified atom stereocenters. The van der Waals surface area contributed by atoms with Crippen molar-refractivity contribution >= 4 is 11.9 Å². The smallest absolute Gasteiger partial charge is 0.335 e. The van der Waals surface area contributed by atoms with Crippen molar-refractivity contribution in [3.05, 3.63) is 35.4 Å². The first-order chi connectivity index (χ1) is 9.06. The highest BCUT2D eigenvalue weighted by molar-refractivity contribution is 5.97. The summed E-state index contributed by atoms with van der Waals surface area (Å²) in [6.45, 7) is 1.99. The number of carbonyl (C=O) groups excluding carboxylic acids is 1. The fraction of sp³-hybridized carbons (Fsp3) is 0.467. The fourth-order valence-electron chi connectivity index (χ4n) is 2.06. The summed E-state index contributed by atoms with van der Waals surface area (Å²) < 4.78 is 0. The van der Waals surface area contributed by atoms with Gasteiger partial charge in [-0.3, -0.25) is 4.79 Å². The van der Waals surface area contributed by atoms with Crippen molar-refractivity contribution in [2.45, 2.75) is 38.6 Å². The molecule has 0 aliphatic heterocycles. The van der Waals surface area contributed by atoms with Gasteiger partial charge in [-0.25, -0.2) is 4.79 Å². The molecule has 0 radical (unpaired) electrons. The van der Waals surface area contributed by atoms with E-state index in [4.69, 9.17) is 5.11 Å². The van der Waals surface area contributed by atoms with Crippen LogP contribution in [-0.2, 0) is 0 Å². The predicted octanol–water partition coefficient (Wildman–Crippen LogP) is 2.69. The van der Waals surface area contributed by atoms with Crippen molar-refractivity contribution in [2.24, 2.45) is 5.92 Å². The number of amides is 1. The number of aromatic carboxylic acids is 1. The third-order valence-electron chi connectivity index (χ3n) is 3.45. The quantitative estimate of drug-likeness (QED) is 0.827. The molecule has 4 nitrogen and oxygen atoms in total. The largest absolute Gasteiger partial charge is 0.478 e. The Kier molecular flexibility index (Phi) is 4.20. The summed E-state index contributed by atoms with van der Waals surface area (Å²) in [7, 11) is 0. The Balaban J connectivity index is 1.90. The maximum atomic E-state index is 12.0. The molecule has 1 fully saturated rings. The molecular weight excluding hydrogens is 242 g/mol. The predicted molar refractivity (Wildman–Crippen MR) is 72.3 cm³/mol. The highest BCUT2D eigenvalue weighted by Gasteiger charge is 2.22. The third kappa shape index (κ3) is 4.09. The van der Waals surface area contributed by atoms with Gasteiger partial charge in [-0.05, 0) is 43.9 Å². The van der Waals surface area contributed by atoms with E-state index in [0.717, 1.165) is 18.8 Å². The topological polar surface area (TPSA) is 66.4 Å². The van der Waals surface area contributed by atoms with Gasteiger partial charge in [0.2, 0.25) is 0 Å².